The van der Waals surface area contributed by atoms with E-state index in [0.717, 1.165) is 18.4 Å². The Labute approximate surface area is 165 Å². The lowest BCUT2D eigenvalue weighted by Gasteiger charge is -2.29. The van der Waals surface area contributed by atoms with E-state index in [-0.39, 0.29) is 17.5 Å². The van der Waals surface area contributed by atoms with Crippen LogP contribution in [0, 0.1) is 0 Å². The Kier molecular flexibility index (Phi) is 4.77. The highest BCUT2D eigenvalue weighted by molar-refractivity contribution is 6.33. The molecule has 4 rings (SSSR count). The summed E-state index contributed by atoms with van der Waals surface area (Å²) in [6.07, 6.45) is 6.27. The normalized spacial score (nSPS) is 24.8. The van der Waals surface area contributed by atoms with Crippen molar-refractivity contribution in [2.75, 3.05) is 0 Å². The average Bonchev–Trinajstić information content (AvgIpc) is 3.19. The summed E-state index contributed by atoms with van der Waals surface area (Å²) in [4.78, 5) is 13.2. The fourth-order valence-corrected chi connectivity index (χ4v) is 4.40. The number of piperidine rings is 1. The predicted molar refractivity (Wildman–Crippen MR) is 108 cm³/mol. The average molecular weight is 387 g/mol. The molecule has 2 N–H and O–H groups in total. The Bertz CT molecular complexity index is 842. The van der Waals surface area contributed by atoms with Gasteiger partial charge in [0, 0.05) is 29.9 Å². The number of nitrogens with zero attached hydrogens (tertiary/aromatic N) is 2. The first-order chi connectivity index (χ1) is 12.8. The number of carbonyl (C=O) groups is 1. The van der Waals surface area contributed by atoms with Gasteiger partial charge in [0.05, 0.1) is 16.1 Å². The van der Waals surface area contributed by atoms with Gasteiger partial charge in [0.25, 0.3) is 5.91 Å². The lowest BCUT2D eigenvalue weighted by molar-refractivity contribution is 0.0924. The van der Waals surface area contributed by atoms with Crippen LogP contribution in [0.2, 0.25) is 5.02 Å². The minimum atomic E-state index is -0.220. The van der Waals surface area contributed by atoms with Crippen molar-refractivity contribution >= 4 is 17.5 Å². The zero-order valence-electron chi connectivity index (χ0n) is 16.1. The van der Waals surface area contributed by atoms with Crippen molar-refractivity contribution in [2.45, 2.75) is 70.1 Å². The van der Waals surface area contributed by atoms with Crippen molar-refractivity contribution < 1.29 is 4.79 Å². The Balaban J connectivity index is 1.65. The summed E-state index contributed by atoms with van der Waals surface area (Å²) in [5.74, 6) is -0.0632. The van der Waals surface area contributed by atoms with Gasteiger partial charge in [0.2, 0.25) is 0 Å². The van der Waals surface area contributed by atoms with Gasteiger partial charge in [-0.05, 0) is 52.5 Å². The maximum Gasteiger partial charge on any atom is 0.255 e. The largest absolute Gasteiger partial charge is 0.349 e. The van der Waals surface area contributed by atoms with Crippen molar-refractivity contribution in [3.05, 3.63) is 41.0 Å². The Morgan fingerprint density at radius 3 is 2.52 bits per heavy atom. The molecule has 0 radical (unpaired) electrons. The molecule has 0 aliphatic carbocycles. The Hall–Kier alpha value is -1.85. The summed E-state index contributed by atoms with van der Waals surface area (Å²) in [5.41, 5.74) is 1.80. The molecule has 3 heterocycles. The standard InChI is InChI=1S/C21H27ClN4O/c1-21(2,3)26-12-17(19(25-26)16-6-4-5-7-18(16)22)20(27)24-15-10-13-8-9-14(11-15)23-13/h4-7,12-15,23H,8-11H2,1-3H3,(H,24,27). The van der Waals surface area contributed by atoms with Crippen molar-refractivity contribution in [3.63, 3.8) is 0 Å². The van der Waals surface area contributed by atoms with Crippen LogP contribution in [-0.4, -0.2) is 33.8 Å². The first kappa shape index (κ1) is 18.5. The van der Waals surface area contributed by atoms with Crippen LogP contribution in [0.3, 0.4) is 0 Å². The van der Waals surface area contributed by atoms with E-state index in [9.17, 15) is 4.79 Å². The molecule has 2 atom stereocenters. The molecule has 27 heavy (non-hydrogen) atoms. The molecule has 1 aromatic heterocycles. The van der Waals surface area contributed by atoms with E-state index in [0.29, 0.717) is 28.4 Å². The maximum absolute atomic E-state index is 13.2. The summed E-state index contributed by atoms with van der Waals surface area (Å²) in [7, 11) is 0. The molecule has 2 fully saturated rings. The summed E-state index contributed by atoms with van der Waals surface area (Å²) >= 11 is 6.41. The first-order valence-corrected chi connectivity index (χ1v) is 10.1. The third kappa shape index (κ3) is 3.76. The van der Waals surface area contributed by atoms with E-state index in [1.165, 1.54) is 12.8 Å². The number of hydrogen-bond donors (Lipinski definition) is 2. The van der Waals surface area contributed by atoms with Crippen LogP contribution in [0.4, 0.5) is 0 Å². The summed E-state index contributed by atoms with van der Waals surface area (Å²) in [6, 6.07) is 8.84. The number of rotatable bonds is 3. The fourth-order valence-electron chi connectivity index (χ4n) is 4.17. The van der Waals surface area contributed by atoms with Crippen LogP contribution in [-0.2, 0) is 5.54 Å². The smallest absolute Gasteiger partial charge is 0.255 e. The molecule has 2 saturated heterocycles. The quantitative estimate of drug-likeness (QED) is 0.839. The molecule has 6 heteroatoms. The molecule has 2 aliphatic heterocycles. The number of aromatic nitrogens is 2. The second-order valence-electron chi connectivity index (χ2n) is 8.77. The van der Waals surface area contributed by atoms with E-state index in [4.69, 9.17) is 16.7 Å². The third-order valence-corrected chi connectivity index (χ3v) is 5.91. The third-order valence-electron chi connectivity index (χ3n) is 5.58. The van der Waals surface area contributed by atoms with Crippen molar-refractivity contribution in [3.8, 4) is 11.3 Å². The summed E-state index contributed by atoms with van der Waals surface area (Å²) in [6.45, 7) is 6.22. The van der Waals surface area contributed by atoms with Gasteiger partial charge in [-0.2, -0.15) is 5.10 Å². The number of carbonyl (C=O) groups excluding carboxylic acids is 1. The predicted octanol–water partition coefficient (Wildman–Crippen LogP) is 3.97. The lowest BCUT2D eigenvalue weighted by atomic mass is 9.99. The zero-order valence-corrected chi connectivity index (χ0v) is 16.9. The number of fused-ring (bicyclic) bond motifs is 2. The van der Waals surface area contributed by atoms with E-state index in [1.54, 1.807) is 0 Å². The summed E-state index contributed by atoms with van der Waals surface area (Å²) in [5, 5.41) is 12.2. The second kappa shape index (κ2) is 6.95. The highest BCUT2D eigenvalue weighted by atomic mass is 35.5. The molecule has 2 unspecified atom stereocenters. The van der Waals surface area contributed by atoms with E-state index < -0.39 is 0 Å². The first-order valence-electron chi connectivity index (χ1n) is 9.73. The topological polar surface area (TPSA) is 59.0 Å². The molecular weight excluding hydrogens is 360 g/mol. The zero-order chi connectivity index (χ0) is 19.2. The molecule has 2 aliphatic rings. The maximum atomic E-state index is 13.2. The second-order valence-corrected chi connectivity index (χ2v) is 9.17. The van der Waals surface area contributed by atoms with Crippen molar-refractivity contribution in [2.24, 2.45) is 0 Å². The fraction of sp³-hybridized carbons (Fsp3) is 0.524. The van der Waals surface area contributed by atoms with Crippen LogP contribution in [0.5, 0.6) is 0 Å². The van der Waals surface area contributed by atoms with Gasteiger partial charge in [-0.25, -0.2) is 0 Å². The number of amides is 1. The minimum Gasteiger partial charge on any atom is -0.349 e. The number of nitrogens with one attached hydrogen (secondary N) is 2. The van der Waals surface area contributed by atoms with Gasteiger partial charge in [0.15, 0.2) is 0 Å². The van der Waals surface area contributed by atoms with Crippen LogP contribution < -0.4 is 10.6 Å². The molecule has 5 nitrogen and oxygen atoms in total. The lowest BCUT2D eigenvalue weighted by Crippen LogP contribution is -2.48. The van der Waals surface area contributed by atoms with E-state index >= 15 is 0 Å². The molecule has 2 bridgehead atoms. The molecule has 0 saturated carbocycles. The van der Waals surface area contributed by atoms with Gasteiger partial charge in [-0.1, -0.05) is 29.8 Å². The van der Waals surface area contributed by atoms with Gasteiger partial charge in [-0.15, -0.1) is 0 Å². The highest BCUT2D eigenvalue weighted by Crippen LogP contribution is 2.32. The van der Waals surface area contributed by atoms with Crippen LogP contribution in [0.25, 0.3) is 11.3 Å². The van der Waals surface area contributed by atoms with Gasteiger partial charge >= 0.3 is 0 Å². The van der Waals surface area contributed by atoms with Crippen molar-refractivity contribution in [1.29, 1.82) is 0 Å². The van der Waals surface area contributed by atoms with Crippen LogP contribution in [0.1, 0.15) is 56.8 Å². The molecule has 1 aromatic carbocycles. The molecule has 2 aromatic rings. The van der Waals surface area contributed by atoms with Gasteiger partial charge < -0.3 is 10.6 Å². The molecule has 0 spiro atoms. The van der Waals surface area contributed by atoms with Crippen molar-refractivity contribution in [1.82, 2.24) is 20.4 Å². The SMILES string of the molecule is CC(C)(C)n1cc(C(=O)NC2CC3CCC(C2)N3)c(-c2ccccc2Cl)n1. The number of halogens is 1. The number of hydrogen-bond acceptors (Lipinski definition) is 3. The van der Waals surface area contributed by atoms with Gasteiger partial charge in [0.1, 0.15) is 5.69 Å². The van der Waals surface area contributed by atoms with E-state index in [2.05, 4.69) is 31.4 Å². The molecular formula is C21H27ClN4O. The summed E-state index contributed by atoms with van der Waals surface area (Å²) < 4.78 is 1.85. The van der Waals surface area contributed by atoms with E-state index in [1.807, 2.05) is 35.1 Å². The van der Waals surface area contributed by atoms with Crippen LogP contribution >= 0.6 is 11.6 Å². The van der Waals surface area contributed by atoms with Gasteiger partial charge in [-0.3, -0.25) is 9.48 Å². The molecule has 1 amide bonds. The monoisotopic (exact) mass is 386 g/mol. The molecule has 144 valence electrons. The Morgan fingerprint density at radius 2 is 1.89 bits per heavy atom. The minimum absolute atomic E-state index is 0.0632. The van der Waals surface area contributed by atoms with Crippen LogP contribution in [0.15, 0.2) is 30.5 Å². The Morgan fingerprint density at radius 1 is 1.22 bits per heavy atom. The highest BCUT2D eigenvalue weighted by Gasteiger charge is 2.35. The number of benzene rings is 1.